The standard InChI is InChI=1S/C17H13Cl3N2OS2/c1-9(16(23)21-15-7-12(19)11(18)6-13(15)20)25-17-22-14-5-3-2-4-10(14)8-24-17/h2-7,9H,8H2,1H3,(H,21,23). The van der Waals surface area contributed by atoms with E-state index in [-0.39, 0.29) is 11.2 Å². The van der Waals surface area contributed by atoms with Crippen molar-refractivity contribution in [2.24, 2.45) is 4.99 Å². The molecule has 1 atom stereocenters. The molecule has 130 valence electrons. The predicted molar refractivity (Wildman–Crippen MR) is 112 cm³/mol. The Balaban J connectivity index is 1.68. The van der Waals surface area contributed by atoms with E-state index in [2.05, 4.69) is 16.4 Å². The molecule has 2 aromatic carbocycles. The number of amides is 1. The number of carbonyl (C=O) groups excluding carboxylic acids is 1. The minimum Gasteiger partial charge on any atom is -0.324 e. The molecule has 0 fully saturated rings. The first-order chi connectivity index (χ1) is 11.9. The molecule has 1 N–H and O–H groups in total. The summed E-state index contributed by atoms with van der Waals surface area (Å²) < 4.78 is 0.876. The van der Waals surface area contributed by atoms with Gasteiger partial charge in [-0.05, 0) is 30.7 Å². The second-order valence-corrected chi connectivity index (χ2v) is 9.06. The van der Waals surface area contributed by atoms with Crippen LogP contribution in [-0.4, -0.2) is 15.5 Å². The van der Waals surface area contributed by atoms with E-state index < -0.39 is 0 Å². The summed E-state index contributed by atoms with van der Waals surface area (Å²) in [7, 11) is 0. The van der Waals surface area contributed by atoms with Gasteiger partial charge in [0.1, 0.15) is 4.38 Å². The third-order valence-electron chi connectivity index (χ3n) is 3.47. The number of rotatable bonds is 3. The average molecular weight is 432 g/mol. The quantitative estimate of drug-likeness (QED) is 0.554. The summed E-state index contributed by atoms with van der Waals surface area (Å²) in [5.41, 5.74) is 2.61. The number of benzene rings is 2. The van der Waals surface area contributed by atoms with Crippen LogP contribution in [0.15, 0.2) is 41.4 Å². The number of fused-ring (bicyclic) bond motifs is 1. The highest BCUT2D eigenvalue weighted by Gasteiger charge is 2.21. The average Bonchev–Trinajstić information content (AvgIpc) is 2.59. The van der Waals surface area contributed by atoms with Gasteiger partial charge in [-0.3, -0.25) is 4.79 Å². The van der Waals surface area contributed by atoms with Crippen LogP contribution in [0.5, 0.6) is 0 Å². The van der Waals surface area contributed by atoms with Crippen molar-refractivity contribution < 1.29 is 4.79 Å². The summed E-state index contributed by atoms with van der Waals surface area (Å²) in [5.74, 6) is 0.682. The van der Waals surface area contributed by atoms with E-state index in [1.54, 1.807) is 17.8 Å². The Bertz CT molecular complexity index is 858. The van der Waals surface area contributed by atoms with Crippen molar-refractivity contribution in [3.8, 4) is 0 Å². The highest BCUT2D eigenvalue weighted by Crippen LogP contribution is 2.36. The molecule has 25 heavy (non-hydrogen) atoms. The molecule has 3 rings (SSSR count). The topological polar surface area (TPSA) is 41.5 Å². The van der Waals surface area contributed by atoms with Crippen molar-refractivity contribution >= 4 is 80.0 Å². The molecule has 2 aromatic rings. The SMILES string of the molecule is CC(SC1=Nc2ccccc2CS1)C(=O)Nc1cc(Cl)c(Cl)cc1Cl. The third kappa shape index (κ3) is 4.66. The Labute approximate surface area is 169 Å². The van der Waals surface area contributed by atoms with E-state index in [1.165, 1.54) is 23.4 Å². The highest BCUT2D eigenvalue weighted by molar-refractivity contribution is 8.39. The monoisotopic (exact) mass is 430 g/mol. The van der Waals surface area contributed by atoms with Crippen LogP contribution < -0.4 is 5.32 Å². The molecule has 1 aliphatic rings. The zero-order valence-corrected chi connectivity index (χ0v) is 17.0. The summed E-state index contributed by atoms with van der Waals surface area (Å²) in [6, 6.07) is 11.1. The molecule has 8 heteroatoms. The molecule has 3 nitrogen and oxygen atoms in total. The first kappa shape index (κ1) is 18.9. The van der Waals surface area contributed by atoms with E-state index in [0.717, 1.165) is 15.8 Å². The smallest absolute Gasteiger partial charge is 0.237 e. The van der Waals surface area contributed by atoms with Crippen molar-refractivity contribution in [2.75, 3.05) is 5.32 Å². The van der Waals surface area contributed by atoms with Gasteiger partial charge in [-0.1, -0.05) is 76.5 Å². The molecule has 0 aliphatic carbocycles. The van der Waals surface area contributed by atoms with Crippen molar-refractivity contribution in [1.29, 1.82) is 0 Å². The first-order valence-electron chi connectivity index (χ1n) is 7.35. The first-order valence-corrected chi connectivity index (χ1v) is 10.4. The Morgan fingerprint density at radius 2 is 1.92 bits per heavy atom. The van der Waals surface area contributed by atoms with Gasteiger partial charge in [0.05, 0.1) is 31.7 Å². The molecule has 0 saturated carbocycles. The number of hydrogen-bond acceptors (Lipinski definition) is 4. The number of carbonyl (C=O) groups is 1. The number of hydrogen-bond donors (Lipinski definition) is 1. The van der Waals surface area contributed by atoms with E-state index in [9.17, 15) is 4.79 Å². The number of nitrogens with zero attached hydrogens (tertiary/aromatic N) is 1. The van der Waals surface area contributed by atoms with Gasteiger partial charge in [-0.15, -0.1) is 0 Å². The molecule has 1 unspecified atom stereocenters. The maximum atomic E-state index is 12.4. The van der Waals surface area contributed by atoms with Gasteiger partial charge in [-0.2, -0.15) is 0 Å². The fourth-order valence-corrected chi connectivity index (χ4v) is 4.91. The molecule has 1 heterocycles. The second-order valence-electron chi connectivity index (χ2n) is 5.29. The lowest BCUT2D eigenvalue weighted by atomic mass is 10.2. The summed E-state index contributed by atoms with van der Waals surface area (Å²) in [6.07, 6.45) is 0. The normalized spacial score (nSPS) is 14.5. The molecule has 1 aliphatic heterocycles. The fraction of sp³-hybridized carbons (Fsp3) is 0.176. The van der Waals surface area contributed by atoms with Crippen molar-refractivity contribution in [1.82, 2.24) is 0 Å². The maximum absolute atomic E-state index is 12.4. The van der Waals surface area contributed by atoms with Gasteiger partial charge in [0, 0.05) is 5.75 Å². The van der Waals surface area contributed by atoms with Crippen LogP contribution in [0.2, 0.25) is 15.1 Å². The Morgan fingerprint density at radius 3 is 2.72 bits per heavy atom. The summed E-state index contributed by atoms with van der Waals surface area (Å²) in [6.45, 7) is 1.83. The number of anilines is 1. The molecular weight excluding hydrogens is 419 g/mol. The number of thioether (sulfide) groups is 2. The van der Waals surface area contributed by atoms with Gasteiger partial charge < -0.3 is 5.32 Å². The lowest BCUT2D eigenvalue weighted by Gasteiger charge is -2.17. The van der Waals surface area contributed by atoms with Gasteiger partial charge >= 0.3 is 0 Å². The highest BCUT2D eigenvalue weighted by atomic mass is 35.5. The number of para-hydroxylation sites is 1. The minimum atomic E-state index is -0.331. The Morgan fingerprint density at radius 1 is 1.20 bits per heavy atom. The third-order valence-corrected chi connectivity index (χ3v) is 6.80. The van der Waals surface area contributed by atoms with E-state index in [0.29, 0.717) is 20.8 Å². The summed E-state index contributed by atoms with van der Waals surface area (Å²) >= 11 is 21.0. The maximum Gasteiger partial charge on any atom is 0.237 e. The summed E-state index contributed by atoms with van der Waals surface area (Å²) in [4.78, 5) is 17.1. The van der Waals surface area contributed by atoms with Crippen LogP contribution in [-0.2, 0) is 10.5 Å². The second kappa shape index (κ2) is 8.23. The molecular formula is C17H13Cl3N2OS2. The fourth-order valence-electron chi connectivity index (χ4n) is 2.13. The zero-order chi connectivity index (χ0) is 18.0. The van der Waals surface area contributed by atoms with Crippen LogP contribution in [0.25, 0.3) is 0 Å². The molecule has 0 radical (unpaired) electrons. The van der Waals surface area contributed by atoms with E-state index >= 15 is 0 Å². The van der Waals surface area contributed by atoms with Gasteiger partial charge in [0.25, 0.3) is 0 Å². The summed E-state index contributed by atoms with van der Waals surface area (Å²) in [5, 5.41) is 3.49. The molecule has 0 bridgehead atoms. The molecule has 0 spiro atoms. The minimum absolute atomic E-state index is 0.174. The predicted octanol–water partition coefficient (Wildman–Crippen LogP) is 6.64. The van der Waals surface area contributed by atoms with Crippen molar-refractivity contribution in [3.63, 3.8) is 0 Å². The van der Waals surface area contributed by atoms with Gasteiger partial charge in [0.15, 0.2) is 0 Å². The van der Waals surface area contributed by atoms with Crippen LogP contribution in [0.4, 0.5) is 11.4 Å². The molecule has 1 amide bonds. The Hall–Kier alpha value is -0.850. The van der Waals surface area contributed by atoms with Crippen molar-refractivity contribution in [2.45, 2.75) is 17.9 Å². The number of halogens is 3. The molecule has 0 saturated heterocycles. The molecule has 0 aromatic heterocycles. The Kier molecular flexibility index (Phi) is 6.23. The van der Waals surface area contributed by atoms with Gasteiger partial charge in [0.2, 0.25) is 5.91 Å². The van der Waals surface area contributed by atoms with Crippen LogP contribution >= 0.6 is 58.3 Å². The van der Waals surface area contributed by atoms with E-state index in [4.69, 9.17) is 34.8 Å². The van der Waals surface area contributed by atoms with Crippen LogP contribution in [0, 0.1) is 0 Å². The van der Waals surface area contributed by atoms with E-state index in [1.807, 2.05) is 25.1 Å². The van der Waals surface area contributed by atoms with Crippen LogP contribution in [0.3, 0.4) is 0 Å². The largest absolute Gasteiger partial charge is 0.324 e. The van der Waals surface area contributed by atoms with Crippen molar-refractivity contribution in [3.05, 3.63) is 57.0 Å². The lowest BCUT2D eigenvalue weighted by molar-refractivity contribution is -0.115. The zero-order valence-electron chi connectivity index (χ0n) is 13.1. The lowest BCUT2D eigenvalue weighted by Crippen LogP contribution is -2.23. The van der Waals surface area contributed by atoms with Crippen LogP contribution in [0.1, 0.15) is 12.5 Å². The number of aliphatic imine (C=N–C) groups is 1. The van der Waals surface area contributed by atoms with Gasteiger partial charge in [-0.25, -0.2) is 4.99 Å². The number of nitrogens with one attached hydrogen (secondary N) is 1.